The van der Waals surface area contributed by atoms with Crippen LogP contribution in [0.1, 0.15) is 28.5 Å². The zero-order valence-electron chi connectivity index (χ0n) is 16.9. The van der Waals surface area contributed by atoms with E-state index in [9.17, 15) is 4.79 Å². The second-order valence-electron chi connectivity index (χ2n) is 7.06. The van der Waals surface area contributed by atoms with E-state index in [0.29, 0.717) is 10.7 Å². The van der Waals surface area contributed by atoms with Gasteiger partial charge in [0, 0.05) is 51.5 Å². The fraction of sp³-hybridized carbons (Fsp3) is 0.421. The molecule has 0 aromatic carbocycles. The molecule has 1 aliphatic rings. The number of nitrogens with one attached hydrogen (secondary N) is 1. The second-order valence-corrected chi connectivity index (χ2v) is 8.25. The lowest BCUT2D eigenvalue weighted by molar-refractivity contribution is 0.102. The quantitative estimate of drug-likeness (QED) is 0.621. The number of carbonyl (C=O) groups is 1. The number of aryl methyl sites for hydroxylation is 2. The highest BCUT2D eigenvalue weighted by molar-refractivity contribution is 7.13. The van der Waals surface area contributed by atoms with Gasteiger partial charge in [0.15, 0.2) is 0 Å². The van der Waals surface area contributed by atoms with Crippen LogP contribution in [-0.4, -0.2) is 61.9 Å². The molecule has 3 aromatic heterocycles. The molecule has 1 amide bonds. The van der Waals surface area contributed by atoms with Crippen LogP contribution in [0.5, 0.6) is 0 Å². The molecule has 1 aliphatic heterocycles. The van der Waals surface area contributed by atoms with Crippen LogP contribution in [0.2, 0.25) is 5.15 Å². The van der Waals surface area contributed by atoms with Gasteiger partial charge in [-0.1, -0.05) is 29.9 Å². The first-order valence-electron chi connectivity index (χ1n) is 9.76. The van der Waals surface area contributed by atoms with E-state index in [-0.39, 0.29) is 5.91 Å². The van der Waals surface area contributed by atoms with Crippen LogP contribution in [-0.2, 0) is 20.0 Å². The number of hydrogen-bond acceptors (Lipinski definition) is 8. The molecular weight excluding hydrogens is 424 g/mol. The van der Waals surface area contributed by atoms with Gasteiger partial charge >= 0.3 is 0 Å². The lowest BCUT2D eigenvalue weighted by Crippen LogP contribution is -2.46. The van der Waals surface area contributed by atoms with Crippen LogP contribution in [0, 0.1) is 0 Å². The number of piperazine rings is 1. The normalized spacial score (nSPS) is 14.8. The van der Waals surface area contributed by atoms with Gasteiger partial charge in [-0.05, 0) is 18.6 Å². The molecule has 3 aromatic rings. The number of amides is 1. The van der Waals surface area contributed by atoms with Gasteiger partial charge in [-0.25, -0.2) is 4.98 Å². The van der Waals surface area contributed by atoms with Gasteiger partial charge in [0.1, 0.15) is 16.5 Å². The molecule has 1 saturated heterocycles. The average molecular weight is 447 g/mol. The zero-order chi connectivity index (χ0) is 21.1. The summed E-state index contributed by atoms with van der Waals surface area (Å²) in [7, 11) is 1.88. The molecule has 4 heterocycles. The van der Waals surface area contributed by atoms with E-state index in [0.717, 1.165) is 61.4 Å². The number of nitrogens with zero attached hydrogens (tertiary/aromatic N) is 7. The summed E-state index contributed by atoms with van der Waals surface area (Å²) in [5, 5.41) is 15.9. The van der Waals surface area contributed by atoms with Crippen molar-refractivity contribution in [2.24, 2.45) is 7.05 Å². The molecule has 11 heteroatoms. The summed E-state index contributed by atoms with van der Waals surface area (Å²) < 4.78 is 1.75. The summed E-state index contributed by atoms with van der Waals surface area (Å²) >= 11 is 7.71. The summed E-state index contributed by atoms with van der Waals surface area (Å²) in [6.45, 7) is 6.46. The van der Waals surface area contributed by atoms with Crippen LogP contribution in [0.15, 0.2) is 23.8 Å². The van der Waals surface area contributed by atoms with E-state index >= 15 is 0 Å². The van der Waals surface area contributed by atoms with Crippen LogP contribution < -0.4 is 10.2 Å². The Morgan fingerprint density at radius 1 is 1.27 bits per heavy atom. The van der Waals surface area contributed by atoms with Crippen LogP contribution in [0.25, 0.3) is 0 Å². The lowest BCUT2D eigenvalue weighted by Gasteiger charge is -2.35. The molecule has 0 atom stereocenters. The van der Waals surface area contributed by atoms with E-state index in [1.54, 1.807) is 22.5 Å². The molecule has 30 heavy (non-hydrogen) atoms. The first-order chi connectivity index (χ1) is 14.5. The Labute approximate surface area is 183 Å². The molecule has 0 saturated carbocycles. The van der Waals surface area contributed by atoms with Gasteiger partial charge in [-0.2, -0.15) is 5.10 Å². The van der Waals surface area contributed by atoms with Crippen molar-refractivity contribution in [2.75, 3.05) is 36.4 Å². The molecule has 4 rings (SSSR count). The average Bonchev–Trinajstić information content (AvgIpc) is 3.38. The minimum atomic E-state index is -0.240. The van der Waals surface area contributed by atoms with Crippen molar-refractivity contribution >= 4 is 39.8 Å². The van der Waals surface area contributed by atoms with Crippen molar-refractivity contribution in [2.45, 2.75) is 19.9 Å². The van der Waals surface area contributed by atoms with Gasteiger partial charge in [-0.3, -0.25) is 19.7 Å². The summed E-state index contributed by atoms with van der Waals surface area (Å²) in [6, 6.07) is 3.67. The Bertz CT molecular complexity index is 996. The molecule has 0 radical (unpaired) electrons. The minimum Gasteiger partial charge on any atom is -0.354 e. The third-order valence-corrected chi connectivity index (χ3v) is 6.24. The van der Waals surface area contributed by atoms with Gasteiger partial charge < -0.3 is 4.90 Å². The molecule has 0 aliphatic carbocycles. The number of rotatable bonds is 6. The molecular formula is C19H23ClN8OS. The van der Waals surface area contributed by atoms with E-state index in [1.165, 1.54) is 11.3 Å². The number of pyridine rings is 1. The molecule has 158 valence electrons. The third-order valence-electron chi connectivity index (χ3n) is 5.16. The standard InChI is InChI=1S/C19H23ClN8OS/c1-3-15-14(17(20)26(2)25-15)11-27-6-8-28(9-7-27)16-5-4-13(10-21-16)18(29)23-19-24-22-12-30-19/h4-5,10,12H,3,6-9,11H2,1-2H3,(H,23,24,29). The van der Waals surface area contributed by atoms with Crippen molar-refractivity contribution in [3.05, 3.63) is 45.8 Å². The predicted molar refractivity (Wildman–Crippen MR) is 117 cm³/mol. The molecule has 1 fully saturated rings. The summed E-state index contributed by atoms with van der Waals surface area (Å²) in [5.41, 5.74) is 4.25. The Balaban J connectivity index is 1.33. The number of aromatic nitrogens is 5. The fourth-order valence-corrected chi connectivity index (χ4v) is 4.15. The Hall–Kier alpha value is -2.56. The van der Waals surface area contributed by atoms with Gasteiger partial charge in [0.25, 0.3) is 5.91 Å². The van der Waals surface area contributed by atoms with Crippen molar-refractivity contribution in [1.82, 2.24) is 29.9 Å². The maximum absolute atomic E-state index is 12.2. The molecule has 9 nitrogen and oxygen atoms in total. The van der Waals surface area contributed by atoms with E-state index in [2.05, 4.69) is 42.3 Å². The van der Waals surface area contributed by atoms with Crippen LogP contribution in [0.3, 0.4) is 0 Å². The molecule has 0 unspecified atom stereocenters. The summed E-state index contributed by atoms with van der Waals surface area (Å²) in [5.74, 6) is 0.631. The Morgan fingerprint density at radius 2 is 2.07 bits per heavy atom. The lowest BCUT2D eigenvalue weighted by atomic mass is 10.2. The highest BCUT2D eigenvalue weighted by Crippen LogP contribution is 2.23. The summed E-state index contributed by atoms with van der Waals surface area (Å²) in [4.78, 5) is 21.4. The molecule has 0 bridgehead atoms. The van der Waals surface area contributed by atoms with Crippen LogP contribution >= 0.6 is 22.9 Å². The van der Waals surface area contributed by atoms with Gasteiger partial charge in [0.05, 0.1) is 11.3 Å². The third kappa shape index (κ3) is 4.45. The van der Waals surface area contributed by atoms with Crippen molar-refractivity contribution in [1.29, 1.82) is 0 Å². The first kappa shape index (κ1) is 20.7. The molecule has 1 N–H and O–H groups in total. The maximum atomic E-state index is 12.2. The van der Waals surface area contributed by atoms with E-state index in [1.807, 2.05) is 13.1 Å². The van der Waals surface area contributed by atoms with Gasteiger partial charge in [-0.15, -0.1) is 10.2 Å². The smallest absolute Gasteiger partial charge is 0.259 e. The largest absolute Gasteiger partial charge is 0.354 e. The van der Waals surface area contributed by atoms with E-state index < -0.39 is 0 Å². The van der Waals surface area contributed by atoms with Crippen LogP contribution in [0.4, 0.5) is 10.9 Å². The summed E-state index contributed by atoms with van der Waals surface area (Å²) in [6.07, 6.45) is 2.47. The van der Waals surface area contributed by atoms with Crippen molar-refractivity contribution in [3.63, 3.8) is 0 Å². The molecule has 0 spiro atoms. The van der Waals surface area contributed by atoms with Crippen molar-refractivity contribution < 1.29 is 4.79 Å². The van der Waals surface area contributed by atoms with Gasteiger partial charge in [0.2, 0.25) is 5.13 Å². The number of carbonyl (C=O) groups excluding carboxylic acids is 1. The first-order valence-corrected chi connectivity index (χ1v) is 11.0. The fourth-order valence-electron chi connectivity index (χ4n) is 3.50. The number of anilines is 2. The Morgan fingerprint density at radius 3 is 2.70 bits per heavy atom. The van der Waals surface area contributed by atoms with Crippen molar-refractivity contribution in [3.8, 4) is 0 Å². The predicted octanol–water partition coefficient (Wildman–Crippen LogP) is 2.46. The minimum absolute atomic E-state index is 0.240. The zero-order valence-corrected chi connectivity index (χ0v) is 18.4. The second kappa shape index (κ2) is 9.07. The number of halogens is 1. The highest BCUT2D eigenvalue weighted by atomic mass is 35.5. The SMILES string of the molecule is CCc1nn(C)c(Cl)c1CN1CCN(c2ccc(C(=O)Nc3nncs3)cn2)CC1. The maximum Gasteiger partial charge on any atom is 0.259 e. The highest BCUT2D eigenvalue weighted by Gasteiger charge is 2.22. The topological polar surface area (TPSA) is 92.1 Å². The Kier molecular flexibility index (Phi) is 6.26. The van der Waals surface area contributed by atoms with E-state index in [4.69, 9.17) is 11.6 Å². The monoisotopic (exact) mass is 446 g/mol. The number of hydrogen-bond donors (Lipinski definition) is 1.